The van der Waals surface area contributed by atoms with Crippen LogP contribution in [0.1, 0.15) is 128 Å². The highest BCUT2D eigenvalue weighted by Gasteiger charge is 2.30. The minimum atomic E-state index is -4.17. The van der Waals surface area contributed by atoms with Crippen molar-refractivity contribution in [3.8, 4) is 22.7 Å². The third-order valence-corrected chi connectivity index (χ3v) is 25.7. The van der Waals surface area contributed by atoms with Gasteiger partial charge in [0.1, 0.15) is 58.7 Å². The van der Waals surface area contributed by atoms with Gasteiger partial charge in [-0.05, 0) is 198 Å². The van der Waals surface area contributed by atoms with E-state index in [1.54, 1.807) is 141 Å². The van der Waals surface area contributed by atoms with Gasteiger partial charge < -0.3 is 5.73 Å². The average molecular weight is 1790 g/mol. The van der Waals surface area contributed by atoms with E-state index in [4.69, 9.17) is 5.73 Å². The van der Waals surface area contributed by atoms with Crippen LogP contribution in [0.3, 0.4) is 0 Å². The van der Waals surface area contributed by atoms with Gasteiger partial charge in [-0.25, -0.2) is 74.9 Å². The summed E-state index contributed by atoms with van der Waals surface area (Å²) in [6, 6.07) is 60.7. The van der Waals surface area contributed by atoms with Gasteiger partial charge in [-0.2, -0.15) is 20.4 Å². The predicted molar refractivity (Wildman–Crippen MR) is 482 cm³/mol. The van der Waals surface area contributed by atoms with E-state index in [0.717, 1.165) is 38.8 Å². The Bertz CT molecular complexity index is 7150. The van der Waals surface area contributed by atoms with E-state index in [2.05, 4.69) is 95.8 Å². The van der Waals surface area contributed by atoms with Crippen LogP contribution < -0.4 is 29.4 Å². The molecule has 0 spiro atoms. The number of halogens is 4. The molecular weight excluding hydrogens is 1690 g/mol. The Morgan fingerprint density at radius 3 is 1.22 bits per heavy atom. The van der Waals surface area contributed by atoms with E-state index >= 15 is 0 Å². The topological polar surface area (TPSA) is 345 Å². The summed E-state index contributed by atoms with van der Waals surface area (Å²) in [5.41, 5.74) is 14.1. The lowest BCUT2D eigenvalue weighted by Crippen LogP contribution is -2.30. The molecule has 652 valence electrons. The number of aromatic nitrogens is 12. The number of sulfonamides is 4. The van der Waals surface area contributed by atoms with Crippen LogP contribution in [0.5, 0.6) is 0 Å². The Morgan fingerprint density at radius 2 is 0.770 bits per heavy atom. The zero-order valence-corrected chi connectivity index (χ0v) is 74.9. The molecule has 7 N–H and O–H groups in total. The van der Waals surface area contributed by atoms with Crippen LogP contribution in [0.4, 0.5) is 46.7 Å². The molecule has 0 saturated heterocycles. The molecule has 8 aromatic heterocycles. The van der Waals surface area contributed by atoms with Gasteiger partial charge in [-0.1, -0.05) is 138 Å². The molecule has 0 aliphatic rings. The number of nitrogen functional groups attached to an aromatic ring is 1. The smallest absolute Gasteiger partial charge is 0.266 e. The lowest BCUT2D eigenvalue weighted by molar-refractivity contribution is -0.884. The Morgan fingerprint density at radius 1 is 0.381 bits per heavy atom. The molecule has 26 nitrogen and oxygen atoms in total. The summed E-state index contributed by atoms with van der Waals surface area (Å²) < 4.78 is 178. The number of nitrogens with one attached hydrogen (secondary N) is 4. The van der Waals surface area contributed by atoms with Crippen molar-refractivity contribution in [1.29, 1.82) is 0 Å². The number of rotatable bonds is 17. The molecule has 16 rings (SSSR count). The molecule has 16 aromatic rings. The second-order valence-electron chi connectivity index (χ2n) is 34.0. The number of fused-ring (bicyclic) bond motifs is 4. The quantitative estimate of drug-likeness (QED) is 0.0280. The van der Waals surface area contributed by atoms with Crippen molar-refractivity contribution >= 4 is 113 Å². The highest BCUT2D eigenvalue weighted by Crippen LogP contribution is 2.36. The van der Waals surface area contributed by atoms with Crippen LogP contribution in [0, 0.1) is 38.2 Å². The Balaban J connectivity index is 0.000000144. The van der Waals surface area contributed by atoms with Gasteiger partial charge in [-0.15, -0.1) is 0 Å². The van der Waals surface area contributed by atoms with Gasteiger partial charge in [0, 0.05) is 69.7 Å². The first-order valence-corrected chi connectivity index (χ1v) is 45.5. The normalized spacial score (nSPS) is 12.3. The molecule has 0 fully saturated rings. The monoisotopic (exact) mass is 1780 g/mol. The summed E-state index contributed by atoms with van der Waals surface area (Å²) in [7, 11) is -15.9. The standard InChI is InChI=1S/C23H22F2N4O2S.C23H24FN5O2S.C23H23FN4O2S.C23H25N4O3S/c1-23(2,3)18-10-9-16(13-19(18)25)32(30,31)28-22-12-15(14-24)27-29(22)21-8-4-7-20-17(21)6-5-11-26-20;1-14-12-22(28-32(30,31)15-8-10-17(18(24)13-15)23(2,3)4)29(27-14)20-7-5-6-19-16(20)9-11-21(25)26-19;1-15-14-21(27-31(29,30)17-9-7-16(8-10-17)23(2,3)4)28(26-15)20-12-11-19(24)22-18(20)6-5-13-25-22;1-16-15-22(25-31(29,30)18-12-10-17(11-13-18)23(2,3)4)27(24-16)21-9-5-8-20-19(21)7-6-14-26(20)28/h4-13,28H,14H2,1-3H3;5-13,28H,1-4H3,(H2,25,26);5-14,27H,1-4H3;5-15,25,28H,1-4H3/q;;;+1. The van der Waals surface area contributed by atoms with Gasteiger partial charge in [0.05, 0.1) is 81.5 Å². The number of aryl methyl sites for hydroxylation is 3. The van der Waals surface area contributed by atoms with Crippen LogP contribution >= 0.6 is 0 Å². The summed E-state index contributed by atoms with van der Waals surface area (Å²) in [6.07, 6.45) is 4.68. The minimum Gasteiger partial charge on any atom is -0.384 e. The number of hydrogen-bond acceptors (Lipinski definition) is 17. The SMILES string of the molecule is CC(C)(C)c1ccc(S(=O)(=O)Nc2cc(CF)nn2-c2cccc3ncccc23)cc1F.Cc1cc(NS(=O)(=O)c2ccc(C(C)(C)C)c(F)c2)n(-c2cccc3nc(N)ccc23)n1.Cc1cc(NS(=O)(=O)c2ccc(C(C)(C)C)cc2)n(-c2ccc(F)c3ncccc23)n1.Cc1cc(NS(=O)(=O)c2ccc(C(C)(C)C)cc2)n(-c2cccc3c2ccc[n+]3O)n1. The minimum absolute atomic E-state index is 0.0364. The zero-order chi connectivity index (χ0) is 91.1. The van der Waals surface area contributed by atoms with Gasteiger partial charge in [-0.3, -0.25) is 34.1 Å². The number of nitrogens with zero attached hydrogens (tertiary/aromatic N) is 12. The number of anilines is 5. The highest BCUT2D eigenvalue weighted by atomic mass is 32.2. The summed E-state index contributed by atoms with van der Waals surface area (Å²) >= 11 is 0. The number of alkyl halides is 1. The van der Waals surface area contributed by atoms with Gasteiger partial charge in [0.25, 0.3) is 45.6 Å². The van der Waals surface area contributed by atoms with E-state index < -0.39 is 75.0 Å². The predicted octanol–water partition coefficient (Wildman–Crippen LogP) is 18.6. The van der Waals surface area contributed by atoms with Gasteiger partial charge >= 0.3 is 0 Å². The number of benzene rings is 8. The van der Waals surface area contributed by atoms with Gasteiger partial charge in [0.15, 0.2) is 0 Å². The van der Waals surface area contributed by atoms with Crippen LogP contribution in [0.15, 0.2) is 263 Å². The first kappa shape index (κ1) is 90.3. The van der Waals surface area contributed by atoms with Crippen molar-refractivity contribution < 1.29 is 61.2 Å². The van der Waals surface area contributed by atoms with E-state index in [-0.39, 0.29) is 59.1 Å². The third kappa shape index (κ3) is 19.9. The van der Waals surface area contributed by atoms with Crippen molar-refractivity contribution in [2.24, 2.45) is 0 Å². The van der Waals surface area contributed by atoms with Crippen molar-refractivity contribution in [3.63, 3.8) is 0 Å². The Kier molecular flexibility index (Phi) is 25.0. The molecule has 0 saturated carbocycles. The number of hydrogen-bond donors (Lipinski definition) is 6. The highest BCUT2D eigenvalue weighted by molar-refractivity contribution is 7.93. The maximum absolute atomic E-state index is 14.6. The molecule has 0 amide bonds. The molecule has 0 aliphatic carbocycles. The van der Waals surface area contributed by atoms with E-state index in [9.17, 15) is 56.4 Å². The van der Waals surface area contributed by atoms with Crippen LogP contribution in [0.2, 0.25) is 0 Å². The average Bonchev–Trinajstić information content (AvgIpc) is 1.59. The fraction of sp³-hybridized carbons (Fsp3) is 0.217. The first-order valence-electron chi connectivity index (χ1n) is 39.6. The number of nitrogens with two attached hydrogens (primary N) is 1. The molecule has 126 heavy (non-hydrogen) atoms. The molecular formula is C92H94F4N17O9S4+. The molecule has 0 atom stereocenters. The van der Waals surface area contributed by atoms with Crippen molar-refractivity contribution in [1.82, 2.24) is 54.1 Å². The summed E-state index contributed by atoms with van der Waals surface area (Å²) in [5, 5.41) is 30.4. The van der Waals surface area contributed by atoms with E-state index in [0.29, 0.717) is 89.9 Å². The van der Waals surface area contributed by atoms with Crippen molar-refractivity contribution in [2.75, 3.05) is 24.6 Å². The molecule has 0 bridgehead atoms. The maximum Gasteiger partial charge on any atom is 0.266 e. The van der Waals surface area contributed by atoms with Crippen molar-refractivity contribution in [3.05, 3.63) is 306 Å². The molecule has 0 radical (unpaired) electrons. The number of pyridine rings is 4. The van der Waals surface area contributed by atoms with Gasteiger partial charge in [0.2, 0.25) is 6.20 Å². The van der Waals surface area contributed by atoms with Crippen molar-refractivity contribution in [2.45, 2.75) is 152 Å². The molecule has 8 aromatic carbocycles. The van der Waals surface area contributed by atoms with Crippen LogP contribution in [-0.2, 0) is 68.4 Å². The second-order valence-corrected chi connectivity index (χ2v) is 40.8. The first-order chi connectivity index (χ1) is 59.2. The summed E-state index contributed by atoms with van der Waals surface area (Å²) in [5.74, 6) is -0.410. The lowest BCUT2D eigenvalue weighted by Gasteiger charge is -2.20. The molecule has 0 aliphatic heterocycles. The molecule has 8 heterocycles. The summed E-state index contributed by atoms with van der Waals surface area (Å²) in [6.45, 7) is 28.0. The fourth-order valence-corrected chi connectivity index (χ4v) is 18.1. The maximum atomic E-state index is 14.6. The Hall–Kier alpha value is -13.4. The van der Waals surface area contributed by atoms with E-state index in [1.807, 2.05) is 108 Å². The van der Waals surface area contributed by atoms with Crippen LogP contribution in [0.25, 0.3) is 66.4 Å². The third-order valence-electron chi connectivity index (χ3n) is 20.3. The second kappa shape index (κ2) is 34.9. The summed E-state index contributed by atoms with van der Waals surface area (Å²) in [4.78, 5) is 12.6. The van der Waals surface area contributed by atoms with Crippen LogP contribution in [-0.4, -0.2) is 93.0 Å². The largest absolute Gasteiger partial charge is 0.384 e. The Labute approximate surface area is 728 Å². The lowest BCUT2D eigenvalue weighted by atomic mass is 9.87. The fourth-order valence-electron chi connectivity index (χ4n) is 13.9. The van der Waals surface area contributed by atoms with E-state index in [1.165, 1.54) is 62.8 Å². The molecule has 0 unspecified atom stereocenters. The zero-order valence-electron chi connectivity index (χ0n) is 71.6. The molecule has 34 heteroatoms.